The van der Waals surface area contributed by atoms with Crippen molar-refractivity contribution in [3.8, 4) is 22.3 Å². The summed E-state index contributed by atoms with van der Waals surface area (Å²) in [4.78, 5) is 20.6. The molecule has 1 saturated heterocycles. The van der Waals surface area contributed by atoms with E-state index in [9.17, 15) is 14.3 Å². The van der Waals surface area contributed by atoms with Gasteiger partial charge in [0, 0.05) is 17.4 Å². The summed E-state index contributed by atoms with van der Waals surface area (Å²) < 4.78 is 64.0. The van der Waals surface area contributed by atoms with Crippen LogP contribution in [0.3, 0.4) is 0 Å². The van der Waals surface area contributed by atoms with E-state index in [1.165, 1.54) is 35.6 Å². The molecule has 1 fully saturated rings. The minimum absolute atomic E-state index is 0.00198. The van der Waals surface area contributed by atoms with Gasteiger partial charge in [0.1, 0.15) is 23.8 Å². The highest BCUT2D eigenvalue weighted by Crippen LogP contribution is 2.41. The van der Waals surface area contributed by atoms with Crippen LogP contribution in [0.2, 0.25) is 0 Å². The fraction of sp³-hybridized carbons (Fsp3) is 0.344. The zero-order valence-corrected chi connectivity index (χ0v) is 26.3. The van der Waals surface area contributed by atoms with Crippen LogP contribution in [-0.2, 0) is 17.8 Å². The maximum Gasteiger partial charge on any atom is 0.335 e. The average Bonchev–Trinajstić information content (AvgIpc) is 3.70. The molecule has 10 nitrogen and oxygen atoms in total. The lowest BCUT2D eigenvalue weighted by molar-refractivity contribution is 0.0696. The fourth-order valence-electron chi connectivity index (χ4n) is 5.58. The molecule has 1 unspecified atom stereocenters. The van der Waals surface area contributed by atoms with Crippen molar-refractivity contribution >= 4 is 28.3 Å². The second-order valence-electron chi connectivity index (χ2n) is 11.7. The van der Waals surface area contributed by atoms with Crippen molar-refractivity contribution in [3.05, 3.63) is 81.4 Å². The first-order chi connectivity index (χ1) is 21.9. The van der Waals surface area contributed by atoms with Gasteiger partial charge in [-0.3, -0.25) is 0 Å². The van der Waals surface area contributed by atoms with Crippen LogP contribution in [0.1, 0.15) is 59.1 Å². The van der Waals surface area contributed by atoms with Gasteiger partial charge in [0.25, 0.3) is 11.1 Å². The molecule has 0 saturated carbocycles. The molecule has 1 aliphatic heterocycles. The standard InChI is InChI=1S/C32H30F3N5O5S/c1-5-44-31-39-38-27(46-31)14-45-29-20(33)6-7-23(36-29)19-12-21(34)17(8-16(19)2)11-26-37-28-22(35)9-18(30(41)42)10-24(28)40(26)25-13-43-15-32(25,3)4/h6-10,12,25H,5,11,13-15H2,1-4H3,(H,41,42). The van der Waals surface area contributed by atoms with Crippen LogP contribution in [0.5, 0.6) is 11.1 Å². The maximum absolute atomic E-state index is 15.8. The molecule has 1 N–H and O–H groups in total. The first-order valence-corrected chi connectivity index (χ1v) is 15.3. The summed E-state index contributed by atoms with van der Waals surface area (Å²) >= 11 is 1.17. The molecule has 6 rings (SSSR count). The summed E-state index contributed by atoms with van der Waals surface area (Å²) in [5.74, 6) is -3.21. The molecule has 0 spiro atoms. The first-order valence-electron chi connectivity index (χ1n) is 14.5. The minimum atomic E-state index is -1.27. The van der Waals surface area contributed by atoms with Crippen LogP contribution in [0, 0.1) is 29.8 Å². The highest BCUT2D eigenvalue weighted by atomic mass is 32.1. The van der Waals surface area contributed by atoms with Gasteiger partial charge in [0.05, 0.1) is 42.6 Å². The second-order valence-corrected chi connectivity index (χ2v) is 12.7. The number of carbonyl (C=O) groups is 1. The summed E-state index contributed by atoms with van der Waals surface area (Å²) in [6.45, 7) is 8.68. The van der Waals surface area contributed by atoms with E-state index < -0.39 is 23.4 Å². The van der Waals surface area contributed by atoms with E-state index in [0.717, 1.165) is 6.07 Å². The number of pyridine rings is 1. The summed E-state index contributed by atoms with van der Waals surface area (Å²) in [6, 6.07) is 7.61. The van der Waals surface area contributed by atoms with Gasteiger partial charge in [0.15, 0.2) is 16.6 Å². The Labute approximate surface area is 265 Å². The van der Waals surface area contributed by atoms with E-state index in [4.69, 9.17) is 14.2 Å². The van der Waals surface area contributed by atoms with Crippen LogP contribution in [0.25, 0.3) is 22.3 Å². The monoisotopic (exact) mass is 653 g/mol. The van der Waals surface area contributed by atoms with Gasteiger partial charge in [-0.05, 0) is 55.3 Å². The lowest BCUT2D eigenvalue weighted by Crippen LogP contribution is -2.27. The Balaban J connectivity index is 1.33. The number of carboxylic acids is 1. The molecule has 0 amide bonds. The van der Waals surface area contributed by atoms with E-state index >= 15 is 8.78 Å². The number of carboxylic acid groups (broad SMARTS) is 1. The number of benzene rings is 2. The van der Waals surface area contributed by atoms with E-state index in [1.54, 1.807) is 17.6 Å². The normalized spacial score (nSPS) is 15.8. The molecule has 5 aromatic rings. The molecule has 3 aromatic heterocycles. The van der Waals surface area contributed by atoms with Gasteiger partial charge in [-0.25, -0.2) is 27.9 Å². The van der Waals surface area contributed by atoms with Crippen molar-refractivity contribution in [2.75, 3.05) is 19.8 Å². The Kier molecular flexibility index (Phi) is 8.42. The average molecular weight is 654 g/mol. The van der Waals surface area contributed by atoms with Crippen molar-refractivity contribution in [3.63, 3.8) is 0 Å². The Morgan fingerprint density at radius 3 is 2.61 bits per heavy atom. The number of nitrogens with zero attached hydrogens (tertiary/aromatic N) is 5. The summed E-state index contributed by atoms with van der Waals surface area (Å²) in [6.07, 6.45) is -0.00709. The van der Waals surface area contributed by atoms with Crippen molar-refractivity contribution in [1.29, 1.82) is 0 Å². The van der Waals surface area contributed by atoms with Gasteiger partial charge < -0.3 is 23.9 Å². The Morgan fingerprint density at radius 1 is 1.09 bits per heavy atom. The third kappa shape index (κ3) is 6.01. The molecular weight excluding hydrogens is 623 g/mol. The number of aromatic nitrogens is 5. The fourth-order valence-corrected chi connectivity index (χ4v) is 6.24. The predicted molar refractivity (Wildman–Crippen MR) is 163 cm³/mol. The number of imidazole rings is 1. The molecule has 0 bridgehead atoms. The van der Waals surface area contributed by atoms with Crippen molar-refractivity contribution in [2.24, 2.45) is 5.41 Å². The van der Waals surface area contributed by atoms with Crippen LogP contribution in [-0.4, -0.2) is 55.6 Å². The van der Waals surface area contributed by atoms with Crippen molar-refractivity contribution in [1.82, 2.24) is 24.7 Å². The van der Waals surface area contributed by atoms with Crippen LogP contribution in [0.15, 0.2) is 36.4 Å². The molecule has 0 radical (unpaired) electrons. The van der Waals surface area contributed by atoms with Gasteiger partial charge in [0.2, 0.25) is 0 Å². The Bertz CT molecular complexity index is 1960. The van der Waals surface area contributed by atoms with Gasteiger partial charge in [-0.1, -0.05) is 36.3 Å². The molecule has 46 heavy (non-hydrogen) atoms. The van der Waals surface area contributed by atoms with Gasteiger partial charge in [-0.15, -0.1) is 5.10 Å². The third-order valence-electron chi connectivity index (χ3n) is 7.91. The molecule has 4 heterocycles. The number of aryl methyl sites for hydroxylation is 1. The number of hydrogen-bond acceptors (Lipinski definition) is 9. The summed E-state index contributed by atoms with van der Waals surface area (Å²) in [7, 11) is 0. The molecule has 1 atom stereocenters. The Hall–Kier alpha value is -4.56. The number of hydrogen-bond donors (Lipinski definition) is 1. The smallest absolute Gasteiger partial charge is 0.335 e. The molecule has 0 aliphatic carbocycles. The number of fused-ring (bicyclic) bond motifs is 1. The number of ether oxygens (including phenoxy) is 3. The molecule has 14 heteroatoms. The SMILES string of the molecule is CCOc1nnc(COc2nc(-c3cc(F)c(Cc4nc5c(F)cc(C(=O)O)cc5n4C4COCC4(C)C)cc3C)ccc2F)s1. The van der Waals surface area contributed by atoms with E-state index in [0.29, 0.717) is 58.2 Å². The second kappa shape index (κ2) is 12.3. The summed E-state index contributed by atoms with van der Waals surface area (Å²) in [5.41, 5.74) is 1.37. The topological polar surface area (TPSA) is 121 Å². The van der Waals surface area contributed by atoms with E-state index in [1.807, 2.05) is 20.8 Å². The zero-order chi connectivity index (χ0) is 32.7. The predicted octanol–water partition coefficient (Wildman–Crippen LogP) is 6.54. The van der Waals surface area contributed by atoms with Crippen molar-refractivity contribution < 1.29 is 37.3 Å². The lowest BCUT2D eigenvalue weighted by atomic mass is 9.87. The lowest BCUT2D eigenvalue weighted by Gasteiger charge is -2.28. The first kappa shape index (κ1) is 31.4. The third-order valence-corrected chi connectivity index (χ3v) is 8.72. The minimum Gasteiger partial charge on any atom is -0.478 e. The maximum atomic E-state index is 15.8. The number of rotatable bonds is 10. The largest absolute Gasteiger partial charge is 0.478 e. The van der Waals surface area contributed by atoms with Gasteiger partial charge >= 0.3 is 5.97 Å². The number of halogens is 3. The molecule has 1 aliphatic rings. The molecular formula is C32H30F3N5O5S. The van der Waals surface area contributed by atoms with Crippen LogP contribution < -0.4 is 9.47 Å². The van der Waals surface area contributed by atoms with Gasteiger partial charge in [-0.2, -0.15) is 0 Å². The number of aromatic carboxylic acids is 1. The van der Waals surface area contributed by atoms with Crippen molar-refractivity contribution in [2.45, 2.75) is 46.8 Å². The van der Waals surface area contributed by atoms with E-state index in [-0.39, 0.29) is 47.0 Å². The zero-order valence-electron chi connectivity index (χ0n) is 25.4. The highest BCUT2D eigenvalue weighted by Gasteiger charge is 2.39. The molecule has 240 valence electrons. The van der Waals surface area contributed by atoms with Crippen LogP contribution in [0.4, 0.5) is 13.2 Å². The van der Waals surface area contributed by atoms with Crippen LogP contribution >= 0.6 is 11.3 Å². The molecule has 2 aromatic carbocycles. The quantitative estimate of drug-likeness (QED) is 0.179. The Morgan fingerprint density at radius 2 is 1.89 bits per heavy atom. The highest BCUT2D eigenvalue weighted by molar-refractivity contribution is 7.13. The summed E-state index contributed by atoms with van der Waals surface area (Å²) in [5, 5.41) is 18.3. The van der Waals surface area contributed by atoms with E-state index in [2.05, 4.69) is 20.2 Å².